The topological polar surface area (TPSA) is 54.9 Å². The van der Waals surface area contributed by atoms with Crippen molar-refractivity contribution in [1.82, 2.24) is 9.97 Å². The van der Waals surface area contributed by atoms with Gasteiger partial charge in [0.05, 0.1) is 0 Å². The van der Waals surface area contributed by atoms with Gasteiger partial charge >= 0.3 is 5.92 Å². The molecule has 0 radical (unpaired) electrons. The lowest BCUT2D eigenvalue weighted by Crippen LogP contribution is -2.19. The molecule has 0 spiro atoms. The van der Waals surface area contributed by atoms with Crippen LogP contribution in [0.5, 0.6) is 0 Å². The number of halogens is 2. The first-order valence-corrected chi connectivity index (χ1v) is 9.31. The summed E-state index contributed by atoms with van der Waals surface area (Å²) in [5.41, 5.74) is -0.188. The summed E-state index contributed by atoms with van der Waals surface area (Å²) in [5.74, 6) is -3.02. The molecule has 0 aliphatic carbocycles. The van der Waals surface area contributed by atoms with Gasteiger partial charge < -0.3 is 5.32 Å². The fourth-order valence-corrected chi connectivity index (χ4v) is 3.21. The highest BCUT2D eigenvalue weighted by Crippen LogP contribution is 2.43. The summed E-state index contributed by atoms with van der Waals surface area (Å²) in [4.78, 5) is 20.0. The number of hydrogen-bond acceptors (Lipinski definition) is 5. The summed E-state index contributed by atoms with van der Waals surface area (Å²) in [6.45, 7) is 4.58. The van der Waals surface area contributed by atoms with Gasteiger partial charge in [-0.15, -0.1) is 0 Å². The largest absolute Gasteiger partial charge is 0.316 e. The molecule has 2 aromatic rings. The minimum Gasteiger partial charge on any atom is -0.316 e. The van der Waals surface area contributed by atoms with Gasteiger partial charge in [-0.3, -0.25) is 9.78 Å². The van der Waals surface area contributed by atoms with Crippen LogP contribution in [-0.4, -0.2) is 27.9 Å². The number of nitrogens with zero attached hydrogens (tertiary/aromatic N) is 2. The van der Waals surface area contributed by atoms with E-state index in [1.54, 1.807) is 24.5 Å². The lowest BCUT2D eigenvalue weighted by Gasteiger charge is -2.15. The van der Waals surface area contributed by atoms with Gasteiger partial charge in [0.1, 0.15) is 15.7 Å². The van der Waals surface area contributed by atoms with Crippen LogP contribution in [0, 0.1) is 0 Å². The van der Waals surface area contributed by atoms with Crippen molar-refractivity contribution >= 4 is 34.0 Å². The quantitative estimate of drug-likeness (QED) is 0.727. The molecule has 0 fully saturated rings. The normalized spacial score (nSPS) is 11.3. The van der Waals surface area contributed by atoms with E-state index in [4.69, 9.17) is 0 Å². The van der Waals surface area contributed by atoms with Crippen molar-refractivity contribution in [2.75, 3.05) is 17.3 Å². The molecule has 0 unspecified atom stereocenters. The van der Waals surface area contributed by atoms with Gasteiger partial charge in [-0.2, -0.15) is 20.5 Å². The number of thioether (sulfide) groups is 1. The molecule has 2 aromatic heterocycles. The van der Waals surface area contributed by atoms with E-state index >= 15 is 0 Å². The number of nitrogens with one attached hydrogen (secondary N) is 1. The molecule has 128 valence electrons. The van der Waals surface area contributed by atoms with Crippen molar-refractivity contribution < 1.29 is 13.6 Å². The van der Waals surface area contributed by atoms with Crippen LogP contribution in [0.2, 0.25) is 0 Å². The molecule has 0 saturated heterocycles. The van der Waals surface area contributed by atoms with Crippen LogP contribution in [0.3, 0.4) is 0 Å². The standard InChI is InChI=1S/C16H17F2N3OS2/c1-10(2)16(17,18)13-15(20-12(22)6-8-23-3)24-14(21-13)11-5-4-7-19-9-11/h4-5,7,9H,1,6,8H2,2-3H3,(H,20,22). The number of hydrogen-bond donors (Lipinski definition) is 1. The molecule has 4 nitrogen and oxygen atoms in total. The van der Waals surface area contributed by atoms with Crippen LogP contribution in [0.4, 0.5) is 13.8 Å². The molecular weight excluding hydrogens is 352 g/mol. The van der Waals surface area contributed by atoms with E-state index in [-0.39, 0.29) is 22.9 Å². The Labute approximate surface area is 147 Å². The average Bonchev–Trinajstić information content (AvgIpc) is 2.98. The molecular formula is C16H17F2N3OS2. The number of amides is 1. The van der Waals surface area contributed by atoms with Crippen molar-refractivity contribution in [1.29, 1.82) is 0 Å². The number of aromatic nitrogens is 2. The summed E-state index contributed by atoms with van der Waals surface area (Å²) >= 11 is 2.52. The van der Waals surface area contributed by atoms with Crippen molar-refractivity contribution in [2.45, 2.75) is 19.3 Å². The minimum absolute atomic E-state index is 0.0490. The van der Waals surface area contributed by atoms with E-state index in [9.17, 15) is 13.6 Å². The summed E-state index contributed by atoms with van der Waals surface area (Å²) in [5, 5.41) is 2.98. The summed E-state index contributed by atoms with van der Waals surface area (Å²) in [6, 6.07) is 3.43. The van der Waals surface area contributed by atoms with Crippen molar-refractivity contribution in [3.8, 4) is 10.6 Å². The first-order chi connectivity index (χ1) is 11.4. The molecule has 0 saturated carbocycles. The molecule has 0 aliphatic heterocycles. The SMILES string of the molecule is C=C(C)C(F)(F)c1nc(-c2cccnc2)sc1NC(=O)CCSC. The minimum atomic E-state index is -3.32. The number of carbonyl (C=O) groups is 1. The zero-order valence-electron chi connectivity index (χ0n) is 13.3. The molecule has 0 aromatic carbocycles. The van der Waals surface area contributed by atoms with Gasteiger partial charge in [-0.05, 0) is 30.9 Å². The van der Waals surface area contributed by atoms with E-state index in [0.717, 1.165) is 11.3 Å². The first kappa shape index (κ1) is 18.5. The Hall–Kier alpha value is -1.80. The maximum atomic E-state index is 14.4. The van der Waals surface area contributed by atoms with Crippen LogP contribution in [0.15, 0.2) is 36.7 Å². The highest BCUT2D eigenvalue weighted by molar-refractivity contribution is 7.98. The molecule has 1 N–H and O–H groups in total. The van der Waals surface area contributed by atoms with Crippen LogP contribution in [0.25, 0.3) is 10.6 Å². The summed E-state index contributed by atoms with van der Waals surface area (Å²) in [7, 11) is 0. The van der Waals surface area contributed by atoms with Crippen LogP contribution >= 0.6 is 23.1 Å². The van der Waals surface area contributed by atoms with E-state index in [1.807, 2.05) is 6.26 Å². The average molecular weight is 369 g/mol. The maximum Gasteiger partial charge on any atom is 0.313 e. The Morgan fingerprint density at radius 1 is 1.50 bits per heavy atom. The zero-order chi connectivity index (χ0) is 17.7. The van der Waals surface area contributed by atoms with E-state index in [0.29, 0.717) is 16.3 Å². The maximum absolute atomic E-state index is 14.4. The third kappa shape index (κ3) is 4.18. The van der Waals surface area contributed by atoms with Crippen LogP contribution < -0.4 is 5.32 Å². The molecule has 0 atom stereocenters. The van der Waals surface area contributed by atoms with Gasteiger partial charge in [0, 0.05) is 30.1 Å². The molecule has 8 heteroatoms. The lowest BCUT2D eigenvalue weighted by atomic mass is 10.1. The monoisotopic (exact) mass is 369 g/mol. The van der Waals surface area contributed by atoms with Crippen LogP contribution in [-0.2, 0) is 10.7 Å². The molecule has 0 bridgehead atoms. The molecule has 1 amide bonds. The predicted molar refractivity (Wildman–Crippen MR) is 95.7 cm³/mol. The van der Waals surface area contributed by atoms with Crippen molar-refractivity contribution in [3.05, 3.63) is 42.4 Å². The van der Waals surface area contributed by atoms with Crippen LogP contribution in [0.1, 0.15) is 19.0 Å². The number of allylic oxidation sites excluding steroid dienone is 1. The predicted octanol–water partition coefficient (Wildman–Crippen LogP) is 4.56. The number of anilines is 1. The van der Waals surface area contributed by atoms with Gasteiger partial charge in [-0.25, -0.2) is 4.98 Å². The highest BCUT2D eigenvalue weighted by Gasteiger charge is 2.39. The molecule has 2 rings (SSSR count). The van der Waals surface area contributed by atoms with Gasteiger partial charge in [-0.1, -0.05) is 17.9 Å². The zero-order valence-corrected chi connectivity index (χ0v) is 14.9. The molecule has 2 heterocycles. The van der Waals surface area contributed by atoms with E-state index in [1.165, 1.54) is 18.7 Å². The lowest BCUT2D eigenvalue weighted by molar-refractivity contribution is -0.115. The highest BCUT2D eigenvalue weighted by atomic mass is 32.2. The second-order valence-electron chi connectivity index (χ2n) is 5.08. The second kappa shape index (κ2) is 7.85. The summed E-state index contributed by atoms with van der Waals surface area (Å²) < 4.78 is 28.9. The van der Waals surface area contributed by atoms with Gasteiger partial charge in [0.15, 0.2) is 0 Å². The Morgan fingerprint density at radius 2 is 2.25 bits per heavy atom. The molecule has 24 heavy (non-hydrogen) atoms. The number of carbonyl (C=O) groups excluding carboxylic acids is 1. The smallest absolute Gasteiger partial charge is 0.313 e. The number of rotatable bonds is 7. The third-order valence-electron chi connectivity index (χ3n) is 3.16. The Balaban J connectivity index is 2.41. The fraction of sp³-hybridized carbons (Fsp3) is 0.312. The number of thiazole rings is 1. The third-order valence-corrected chi connectivity index (χ3v) is 4.79. The molecule has 0 aliphatic rings. The van der Waals surface area contributed by atoms with E-state index < -0.39 is 11.6 Å². The number of pyridine rings is 1. The first-order valence-electron chi connectivity index (χ1n) is 7.10. The summed E-state index contributed by atoms with van der Waals surface area (Å²) in [6.07, 6.45) is 5.26. The van der Waals surface area contributed by atoms with Crippen molar-refractivity contribution in [3.63, 3.8) is 0 Å². The van der Waals surface area contributed by atoms with Gasteiger partial charge in [0.2, 0.25) is 5.91 Å². The fourth-order valence-electron chi connectivity index (χ4n) is 1.82. The second-order valence-corrected chi connectivity index (χ2v) is 7.07. The number of alkyl halides is 2. The Bertz CT molecular complexity index is 732. The Kier molecular flexibility index (Phi) is 6.06. The van der Waals surface area contributed by atoms with Gasteiger partial charge in [0.25, 0.3) is 0 Å². The van der Waals surface area contributed by atoms with E-state index in [2.05, 4.69) is 21.9 Å². The Morgan fingerprint density at radius 3 is 2.83 bits per heavy atom. The van der Waals surface area contributed by atoms with Crippen molar-refractivity contribution in [2.24, 2.45) is 0 Å².